The fourth-order valence-corrected chi connectivity index (χ4v) is 4.55. The number of hydrogen-bond acceptors (Lipinski definition) is 5. The summed E-state index contributed by atoms with van der Waals surface area (Å²) in [6, 6.07) is 10.1. The number of nitrogens with one attached hydrogen (secondary N) is 1. The fourth-order valence-electron chi connectivity index (χ4n) is 4.55. The Morgan fingerprint density at radius 3 is 2.79 bits per heavy atom. The van der Waals surface area contributed by atoms with Crippen molar-refractivity contribution in [3.8, 4) is 5.75 Å². The Morgan fingerprint density at radius 2 is 2.00 bits per heavy atom. The summed E-state index contributed by atoms with van der Waals surface area (Å²) in [6.45, 7) is 2.87. The minimum Gasteiger partial charge on any atom is -0.497 e. The van der Waals surface area contributed by atoms with Gasteiger partial charge in [-0.1, -0.05) is 25.5 Å². The second-order valence-corrected chi connectivity index (χ2v) is 7.75. The first kappa shape index (κ1) is 18.1. The number of nitrogens with zero attached hydrogens (tertiary/aromatic N) is 4. The van der Waals surface area contributed by atoms with Crippen LogP contribution in [0.4, 0.5) is 0 Å². The first-order valence-corrected chi connectivity index (χ1v) is 10.2. The molecule has 1 aliphatic carbocycles. The van der Waals surface area contributed by atoms with E-state index in [1.807, 2.05) is 24.4 Å². The molecular formula is C22H25N5O2. The summed E-state index contributed by atoms with van der Waals surface area (Å²) in [4.78, 5) is 7.61. The van der Waals surface area contributed by atoms with Crippen LogP contribution in [-0.4, -0.2) is 37.8 Å². The third kappa shape index (κ3) is 3.25. The maximum atomic E-state index is 6.29. The zero-order valence-corrected chi connectivity index (χ0v) is 16.7. The molecule has 1 aliphatic rings. The van der Waals surface area contributed by atoms with Crippen molar-refractivity contribution in [2.24, 2.45) is 5.92 Å². The molecule has 4 aromatic rings. The lowest BCUT2D eigenvalue weighted by Gasteiger charge is -2.15. The van der Waals surface area contributed by atoms with E-state index in [9.17, 15) is 0 Å². The predicted octanol–water partition coefficient (Wildman–Crippen LogP) is 4.10. The van der Waals surface area contributed by atoms with Crippen LogP contribution in [0.3, 0.4) is 0 Å². The number of rotatable bonds is 6. The Hall–Kier alpha value is -2.93. The summed E-state index contributed by atoms with van der Waals surface area (Å²) in [5.74, 6) is 2.75. The lowest BCUT2D eigenvalue weighted by Crippen LogP contribution is -2.10. The van der Waals surface area contributed by atoms with Crippen LogP contribution in [-0.2, 0) is 11.3 Å². The third-order valence-electron chi connectivity index (χ3n) is 6.12. The average Bonchev–Trinajstić information content (AvgIpc) is 3.48. The van der Waals surface area contributed by atoms with Crippen LogP contribution in [0.15, 0.2) is 42.7 Å². The Bertz CT molecular complexity index is 1120. The Kier molecular flexibility index (Phi) is 4.67. The molecule has 0 saturated heterocycles. The van der Waals surface area contributed by atoms with E-state index in [1.165, 1.54) is 0 Å². The van der Waals surface area contributed by atoms with Gasteiger partial charge in [0.2, 0.25) is 0 Å². The molecule has 7 heteroatoms. The highest BCUT2D eigenvalue weighted by molar-refractivity contribution is 5.74. The largest absolute Gasteiger partial charge is 0.497 e. The number of methoxy groups -OCH3 is 1. The van der Waals surface area contributed by atoms with E-state index in [0.717, 1.165) is 53.2 Å². The van der Waals surface area contributed by atoms with Crippen LogP contribution < -0.4 is 4.74 Å². The number of fused-ring (bicyclic) bond motifs is 3. The number of H-pyrrole nitrogens is 1. The monoisotopic (exact) mass is 391 g/mol. The van der Waals surface area contributed by atoms with Gasteiger partial charge >= 0.3 is 0 Å². The molecule has 0 unspecified atom stereocenters. The summed E-state index contributed by atoms with van der Waals surface area (Å²) in [7, 11) is 1.68. The second kappa shape index (κ2) is 7.48. The van der Waals surface area contributed by atoms with Gasteiger partial charge in [-0.25, -0.2) is 4.98 Å². The van der Waals surface area contributed by atoms with E-state index in [0.29, 0.717) is 18.4 Å². The molecule has 0 amide bonds. The van der Waals surface area contributed by atoms with Crippen molar-refractivity contribution >= 4 is 16.8 Å². The van der Waals surface area contributed by atoms with Gasteiger partial charge in [-0.15, -0.1) is 10.2 Å². The summed E-state index contributed by atoms with van der Waals surface area (Å²) in [5.41, 5.74) is 3.84. The lowest BCUT2D eigenvalue weighted by atomic mass is 9.93. The molecule has 150 valence electrons. The topological polar surface area (TPSA) is 77.3 Å². The van der Waals surface area contributed by atoms with Gasteiger partial charge in [0.15, 0.2) is 11.3 Å². The Morgan fingerprint density at radius 1 is 1.14 bits per heavy atom. The Labute approximate surface area is 169 Å². The molecule has 0 spiro atoms. The quantitative estimate of drug-likeness (QED) is 0.535. The summed E-state index contributed by atoms with van der Waals surface area (Å²) in [6.07, 6.45) is 7.03. The Balaban J connectivity index is 1.37. The zero-order chi connectivity index (χ0) is 19.8. The van der Waals surface area contributed by atoms with Gasteiger partial charge in [-0.2, -0.15) is 0 Å². The predicted molar refractivity (Wildman–Crippen MR) is 110 cm³/mol. The fraction of sp³-hybridized carbons (Fsp3) is 0.409. The standard InChI is InChI=1S/C22H25N5O2/c1-3-15-10-17(29-13-14-4-6-16(28-2)7-5-14)11-18(15)22-26-25-20-12-24-21-19(27(20)22)8-9-23-21/h4-9,12,15,17-18,23H,3,10-11,13H2,1-2H3/t15-,17+,18-/m0/s1. The van der Waals surface area contributed by atoms with E-state index in [1.54, 1.807) is 13.3 Å². The summed E-state index contributed by atoms with van der Waals surface area (Å²) < 4.78 is 13.7. The molecule has 3 atom stereocenters. The van der Waals surface area contributed by atoms with Crippen LogP contribution >= 0.6 is 0 Å². The SMILES string of the molecule is CC[C@H]1C[C@@H](OCc2ccc(OC)cc2)C[C@@H]1c1nnc2cnc3[nH]ccc3n12. The van der Waals surface area contributed by atoms with Gasteiger partial charge in [0, 0.05) is 12.1 Å². The molecule has 1 aromatic carbocycles. The van der Waals surface area contributed by atoms with Gasteiger partial charge in [0.05, 0.1) is 31.5 Å². The van der Waals surface area contributed by atoms with Gasteiger partial charge in [0.1, 0.15) is 11.6 Å². The van der Waals surface area contributed by atoms with Crippen molar-refractivity contribution in [1.29, 1.82) is 0 Å². The normalized spacial score (nSPS) is 21.9. The van der Waals surface area contributed by atoms with Crippen molar-refractivity contribution in [3.05, 3.63) is 54.1 Å². The minimum atomic E-state index is 0.225. The van der Waals surface area contributed by atoms with Gasteiger partial charge in [0.25, 0.3) is 0 Å². The van der Waals surface area contributed by atoms with Crippen molar-refractivity contribution in [3.63, 3.8) is 0 Å². The van der Waals surface area contributed by atoms with Crippen molar-refractivity contribution in [2.75, 3.05) is 7.11 Å². The van der Waals surface area contributed by atoms with Crippen LogP contribution in [0.2, 0.25) is 0 Å². The molecule has 0 aliphatic heterocycles. The molecule has 0 bridgehead atoms. The molecule has 29 heavy (non-hydrogen) atoms. The molecule has 5 rings (SSSR count). The highest BCUT2D eigenvalue weighted by atomic mass is 16.5. The lowest BCUT2D eigenvalue weighted by molar-refractivity contribution is 0.0422. The smallest absolute Gasteiger partial charge is 0.179 e. The highest BCUT2D eigenvalue weighted by Crippen LogP contribution is 2.42. The third-order valence-corrected chi connectivity index (χ3v) is 6.12. The zero-order valence-electron chi connectivity index (χ0n) is 16.7. The first-order chi connectivity index (χ1) is 14.3. The molecule has 3 heterocycles. The summed E-state index contributed by atoms with van der Waals surface area (Å²) in [5, 5.41) is 8.95. The van der Waals surface area contributed by atoms with Crippen LogP contribution in [0.25, 0.3) is 16.8 Å². The van der Waals surface area contributed by atoms with E-state index < -0.39 is 0 Å². The van der Waals surface area contributed by atoms with Gasteiger partial charge in [-0.3, -0.25) is 4.40 Å². The number of ether oxygens (including phenoxy) is 2. The van der Waals surface area contributed by atoms with Crippen LogP contribution in [0, 0.1) is 5.92 Å². The van der Waals surface area contributed by atoms with E-state index in [2.05, 4.69) is 43.6 Å². The number of aromatic nitrogens is 5. The molecule has 1 fully saturated rings. The van der Waals surface area contributed by atoms with E-state index in [-0.39, 0.29) is 6.10 Å². The highest BCUT2D eigenvalue weighted by Gasteiger charge is 2.37. The molecule has 1 N–H and O–H groups in total. The number of benzene rings is 1. The van der Waals surface area contributed by atoms with Crippen molar-refractivity contribution in [2.45, 2.75) is 44.8 Å². The van der Waals surface area contributed by atoms with Crippen molar-refractivity contribution in [1.82, 2.24) is 24.6 Å². The van der Waals surface area contributed by atoms with Gasteiger partial charge < -0.3 is 14.5 Å². The van der Waals surface area contributed by atoms with Crippen molar-refractivity contribution < 1.29 is 9.47 Å². The molecule has 7 nitrogen and oxygen atoms in total. The average molecular weight is 391 g/mol. The van der Waals surface area contributed by atoms with E-state index >= 15 is 0 Å². The number of hydrogen-bond donors (Lipinski definition) is 1. The minimum absolute atomic E-state index is 0.225. The number of aromatic amines is 1. The van der Waals surface area contributed by atoms with E-state index in [4.69, 9.17) is 9.47 Å². The molecule has 1 saturated carbocycles. The maximum absolute atomic E-state index is 6.29. The summed E-state index contributed by atoms with van der Waals surface area (Å²) >= 11 is 0. The molecule has 3 aromatic heterocycles. The van der Waals surface area contributed by atoms with Crippen LogP contribution in [0.5, 0.6) is 5.75 Å². The molecule has 0 radical (unpaired) electrons. The molecular weight excluding hydrogens is 366 g/mol. The first-order valence-electron chi connectivity index (χ1n) is 10.2. The second-order valence-electron chi connectivity index (χ2n) is 7.75. The maximum Gasteiger partial charge on any atom is 0.179 e. The van der Waals surface area contributed by atoms with Gasteiger partial charge in [-0.05, 0) is 42.5 Å². The van der Waals surface area contributed by atoms with Crippen LogP contribution in [0.1, 0.15) is 43.5 Å².